The molecule has 1 fully saturated rings. The van der Waals surface area contributed by atoms with Crippen molar-refractivity contribution in [2.24, 2.45) is 5.92 Å². The molecular formula is C15H17Cl2NO3. The minimum atomic E-state index is -0.450. The highest BCUT2D eigenvalue weighted by atomic mass is 35.5. The molecule has 1 N–H and O–H groups in total. The highest BCUT2D eigenvalue weighted by Crippen LogP contribution is 2.29. The summed E-state index contributed by atoms with van der Waals surface area (Å²) in [6, 6.07) is 4.93. The number of halogens is 2. The van der Waals surface area contributed by atoms with Crippen molar-refractivity contribution < 1.29 is 14.3 Å². The molecule has 0 heterocycles. The zero-order valence-electron chi connectivity index (χ0n) is 11.5. The first-order chi connectivity index (χ1) is 10.1. The molecule has 1 amide bonds. The van der Waals surface area contributed by atoms with Gasteiger partial charge in [0.05, 0.1) is 21.7 Å². The molecule has 1 aliphatic rings. The predicted octanol–water partition coefficient (Wildman–Crippen LogP) is 4.06. The Morgan fingerprint density at radius 1 is 1.14 bits per heavy atom. The highest BCUT2D eigenvalue weighted by molar-refractivity contribution is 6.39. The maximum atomic E-state index is 11.8. The zero-order valence-corrected chi connectivity index (χ0v) is 13.0. The Hall–Kier alpha value is -1.26. The maximum Gasteiger partial charge on any atom is 0.309 e. The third kappa shape index (κ3) is 4.61. The van der Waals surface area contributed by atoms with Crippen LogP contribution in [0.15, 0.2) is 18.2 Å². The molecule has 0 aliphatic heterocycles. The van der Waals surface area contributed by atoms with E-state index in [1.165, 1.54) is 0 Å². The number of para-hydroxylation sites is 1. The number of anilines is 1. The molecule has 4 nitrogen and oxygen atoms in total. The number of amides is 1. The van der Waals surface area contributed by atoms with E-state index in [1.807, 2.05) is 0 Å². The quantitative estimate of drug-likeness (QED) is 0.847. The second-order valence-corrected chi connectivity index (χ2v) is 5.90. The van der Waals surface area contributed by atoms with Gasteiger partial charge in [-0.15, -0.1) is 0 Å². The van der Waals surface area contributed by atoms with Crippen LogP contribution < -0.4 is 5.32 Å². The van der Waals surface area contributed by atoms with Crippen LogP contribution in [-0.4, -0.2) is 18.5 Å². The number of hydrogen-bond acceptors (Lipinski definition) is 3. The molecule has 0 radical (unpaired) electrons. The smallest absolute Gasteiger partial charge is 0.309 e. The fourth-order valence-corrected chi connectivity index (χ4v) is 2.88. The number of hydrogen-bond donors (Lipinski definition) is 1. The summed E-state index contributed by atoms with van der Waals surface area (Å²) in [6.07, 6.45) is 4.94. The third-order valence-electron chi connectivity index (χ3n) is 3.51. The van der Waals surface area contributed by atoms with Gasteiger partial charge in [0, 0.05) is 0 Å². The minimum Gasteiger partial charge on any atom is -0.455 e. The molecule has 0 unspecified atom stereocenters. The highest BCUT2D eigenvalue weighted by Gasteiger charge is 2.23. The van der Waals surface area contributed by atoms with E-state index >= 15 is 0 Å². The van der Waals surface area contributed by atoms with Crippen LogP contribution in [0.4, 0.5) is 5.69 Å². The van der Waals surface area contributed by atoms with E-state index in [0.29, 0.717) is 15.7 Å². The van der Waals surface area contributed by atoms with E-state index in [0.717, 1.165) is 32.1 Å². The Kier molecular flexibility index (Phi) is 5.88. The second kappa shape index (κ2) is 7.66. The number of carbonyl (C=O) groups excluding carboxylic acids is 2. The Labute approximate surface area is 133 Å². The second-order valence-electron chi connectivity index (χ2n) is 5.09. The van der Waals surface area contributed by atoms with Crippen molar-refractivity contribution in [3.05, 3.63) is 28.2 Å². The molecule has 0 aromatic heterocycles. The summed E-state index contributed by atoms with van der Waals surface area (Å²) in [6.45, 7) is -0.323. The summed E-state index contributed by atoms with van der Waals surface area (Å²) >= 11 is 11.9. The molecule has 2 rings (SSSR count). The Bertz CT molecular complexity index is 507. The van der Waals surface area contributed by atoms with Gasteiger partial charge in [-0.25, -0.2) is 0 Å². The van der Waals surface area contributed by atoms with Crippen molar-refractivity contribution in [3.8, 4) is 0 Å². The topological polar surface area (TPSA) is 55.4 Å². The number of benzene rings is 1. The van der Waals surface area contributed by atoms with Crippen LogP contribution in [0.3, 0.4) is 0 Å². The normalized spacial score (nSPS) is 15.5. The fraction of sp³-hybridized carbons (Fsp3) is 0.467. The molecule has 0 saturated heterocycles. The van der Waals surface area contributed by atoms with Crippen LogP contribution in [0.2, 0.25) is 10.0 Å². The average Bonchev–Trinajstić information content (AvgIpc) is 2.49. The van der Waals surface area contributed by atoms with Gasteiger partial charge in [0.15, 0.2) is 6.61 Å². The van der Waals surface area contributed by atoms with Crippen molar-refractivity contribution >= 4 is 40.8 Å². The van der Waals surface area contributed by atoms with E-state index in [2.05, 4.69) is 5.32 Å². The Balaban J connectivity index is 1.83. The van der Waals surface area contributed by atoms with E-state index in [4.69, 9.17) is 27.9 Å². The van der Waals surface area contributed by atoms with Crippen LogP contribution >= 0.6 is 23.2 Å². The van der Waals surface area contributed by atoms with Crippen molar-refractivity contribution in [1.29, 1.82) is 0 Å². The van der Waals surface area contributed by atoms with E-state index in [1.54, 1.807) is 18.2 Å². The largest absolute Gasteiger partial charge is 0.455 e. The lowest BCUT2D eigenvalue weighted by molar-refractivity contribution is -0.152. The fourth-order valence-electron chi connectivity index (χ4n) is 2.39. The summed E-state index contributed by atoms with van der Waals surface area (Å²) in [5, 5.41) is 3.24. The molecule has 0 spiro atoms. The zero-order chi connectivity index (χ0) is 15.2. The SMILES string of the molecule is O=C(COC(=O)C1CCCCC1)Nc1c(Cl)cccc1Cl. The van der Waals surface area contributed by atoms with Crippen molar-refractivity contribution in [1.82, 2.24) is 0 Å². The maximum absolute atomic E-state index is 11.8. The van der Waals surface area contributed by atoms with Crippen LogP contribution in [0.1, 0.15) is 32.1 Å². The van der Waals surface area contributed by atoms with E-state index in [9.17, 15) is 9.59 Å². The molecule has 114 valence electrons. The lowest BCUT2D eigenvalue weighted by Crippen LogP contribution is -2.26. The first kappa shape index (κ1) is 16.1. The average molecular weight is 330 g/mol. The monoisotopic (exact) mass is 329 g/mol. The lowest BCUT2D eigenvalue weighted by Gasteiger charge is -2.19. The number of ether oxygens (including phenoxy) is 1. The van der Waals surface area contributed by atoms with Crippen LogP contribution in [0.5, 0.6) is 0 Å². The summed E-state index contributed by atoms with van der Waals surface area (Å²) in [5.41, 5.74) is 0.333. The van der Waals surface area contributed by atoms with Gasteiger partial charge >= 0.3 is 5.97 Å². The van der Waals surface area contributed by atoms with Gasteiger partial charge in [-0.3, -0.25) is 9.59 Å². The number of carbonyl (C=O) groups is 2. The van der Waals surface area contributed by atoms with Gasteiger partial charge < -0.3 is 10.1 Å². The minimum absolute atomic E-state index is 0.0737. The van der Waals surface area contributed by atoms with Gasteiger partial charge in [0.2, 0.25) is 0 Å². The van der Waals surface area contributed by atoms with Gasteiger partial charge in [0.25, 0.3) is 5.91 Å². The summed E-state index contributed by atoms with van der Waals surface area (Å²) in [7, 11) is 0. The van der Waals surface area contributed by atoms with Crippen LogP contribution in [0, 0.1) is 5.92 Å². The molecule has 1 saturated carbocycles. The summed E-state index contributed by atoms with van der Waals surface area (Å²) < 4.78 is 5.06. The van der Waals surface area contributed by atoms with Crippen LogP contribution in [-0.2, 0) is 14.3 Å². The van der Waals surface area contributed by atoms with E-state index < -0.39 is 5.91 Å². The predicted molar refractivity (Wildman–Crippen MR) is 82.6 cm³/mol. The number of rotatable bonds is 4. The molecule has 1 aromatic carbocycles. The van der Waals surface area contributed by atoms with Crippen LogP contribution in [0.25, 0.3) is 0 Å². The number of esters is 1. The van der Waals surface area contributed by atoms with Gasteiger partial charge in [0.1, 0.15) is 0 Å². The molecule has 0 bridgehead atoms. The van der Waals surface area contributed by atoms with Gasteiger partial charge in [-0.1, -0.05) is 48.5 Å². The molecular weight excluding hydrogens is 313 g/mol. The third-order valence-corrected chi connectivity index (χ3v) is 4.14. The summed E-state index contributed by atoms with van der Waals surface area (Å²) in [4.78, 5) is 23.6. The van der Waals surface area contributed by atoms with E-state index in [-0.39, 0.29) is 18.5 Å². The molecule has 21 heavy (non-hydrogen) atoms. The lowest BCUT2D eigenvalue weighted by atomic mass is 9.89. The van der Waals surface area contributed by atoms with Gasteiger partial charge in [-0.2, -0.15) is 0 Å². The molecule has 1 aromatic rings. The first-order valence-corrected chi connectivity index (χ1v) is 7.74. The Morgan fingerprint density at radius 3 is 2.38 bits per heavy atom. The van der Waals surface area contributed by atoms with Crippen molar-refractivity contribution in [2.75, 3.05) is 11.9 Å². The van der Waals surface area contributed by atoms with Crippen molar-refractivity contribution in [2.45, 2.75) is 32.1 Å². The molecule has 6 heteroatoms. The van der Waals surface area contributed by atoms with Gasteiger partial charge in [-0.05, 0) is 25.0 Å². The first-order valence-electron chi connectivity index (χ1n) is 6.98. The summed E-state index contributed by atoms with van der Waals surface area (Å²) in [5.74, 6) is -0.820. The van der Waals surface area contributed by atoms with Crippen molar-refractivity contribution in [3.63, 3.8) is 0 Å². The molecule has 1 aliphatic carbocycles. The number of nitrogens with one attached hydrogen (secondary N) is 1. The standard InChI is InChI=1S/C15H17Cl2NO3/c16-11-7-4-8-12(17)14(11)18-13(19)9-21-15(20)10-5-2-1-3-6-10/h4,7-8,10H,1-3,5-6,9H2,(H,18,19). The molecule has 0 atom stereocenters. The Morgan fingerprint density at radius 2 is 1.76 bits per heavy atom.